The van der Waals surface area contributed by atoms with E-state index >= 15 is 0 Å². The number of carbonyl (C=O) groups excluding carboxylic acids is 1. The van der Waals surface area contributed by atoms with Gasteiger partial charge in [0.2, 0.25) is 5.91 Å². The molecular formula is C20H19FN4OS. The van der Waals surface area contributed by atoms with Crippen LogP contribution >= 0.6 is 11.8 Å². The lowest BCUT2D eigenvalue weighted by Gasteiger charge is -2.21. The quantitative estimate of drug-likeness (QED) is 0.646. The molecule has 2 aromatic carbocycles. The van der Waals surface area contributed by atoms with Crippen LogP contribution in [0.2, 0.25) is 0 Å². The standard InChI is InChI=1S/C20H19FN4OS/c1-13(19(26)25-12-11-14-7-3-6-10-17(14)25)27-20-23-22-18(24(20)2)15-8-4-5-9-16(15)21/h3-10,13H,11-12H2,1-2H3. The number of fused-ring (bicyclic) bond motifs is 1. The fraction of sp³-hybridized carbons (Fsp3) is 0.250. The number of para-hydroxylation sites is 1. The molecule has 2 heterocycles. The number of hydrogen-bond acceptors (Lipinski definition) is 4. The fourth-order valence-electron chi connectivity index (χ4n) is 3.29. The van der Waals surface area contributed by atoms with E-state index in [1.54, 1.807) is 29.8 Å². The first kappa shape index (κ1) is 17.7. The van der Waals surface area contributed by atoms with Crippen LogP contribution in [0.5, 0.6) is 0 Å². The Morgan fingerprint density at radius 2 is 1.89 bits per heavy atom. The van der Waals surface area contributed by atoms with Gasteiger partial charge in [-0.25, -0.2) is 4.39 Å². The van der Waals surface area contributed by atoms with Crippen molar-refractivity contribution in [3.63, 3.8) is 0 Å². The van der Waals surface area contributed by atoms with Gasteiger partial charge < -0.3 is 9.47 Å². The molecule has 1 unspecified atom stereocenters. The first-order valence-corrected chi connectivity index (χ1v) is 9.64. The Kier molecular flexibility index (Phi) is 4.70. The van der Waals surface area contributed by atoms with Gasteiger partial charge in [0.1, 0.15) is 5.82 Å². The molecule has 0 radical (unpaired) electrons. The molecule has 27 heavy (non-hydrogen) atoms. The van der Waals surface area contributed by atoms with Gasteiger partial charge in [-0.15, -0.1) is 10.2 Å². The zero-order valence-electron chi connectivity index (χ0n) is 15.1. The molecule has 0 spiro atoms. The molecular weight excluding hydrogens is 363 g/mol. The van der Waals surface area contributed by atoms with Crippen molar-refractivity contribution in [2.24, 2.45) is 7.05 Å². The number of anilines is 1. The molecule has 0 aliphatic carbocycles. The van der Waals surface area contributed by atoms with E-state index in [1.165, 1.54) is 23.4 Å². The Morgan fingerprint density at radius 3 is 2.70 bits per heavy atom. The number of nitrogens with zero attached hydrogens (tertiary/aromatic N) is 4. The lowest BCUT2D eigenvalue weighted by molar-refractivity contribution is -0.117. The average Bonchev–Trinajstić information content (AvgIpc) is 3.26. The number of thioether (sulfide) groups is 1. The molecule has 0 saturated carbocycles. The number of halogens is 1. The highest BCUT2D eigenvalue weighted by Crippen LogP contribution is 2.32. The smallest absolute Gasteiger partial charge is 0.240 e. The van der Waals surface area contributed by atoms with E-state index in [1.807, 2.05) is 30.0 Å². The number of benzene rings is 2. The van der Waals surface area contributed by atoms with Crippen LogP contribution in [0.3, 0.4) is 0 Å². The largest absolute Gasteiger partial charge is 0.311 e. The molecule has 1 aliphatic heterocycles. The molecule has 0 saturated heterocycles. The molecule has 3 aromatic rings. The third-order valence-corrected chi connectivity index (χ3v) is 5.85. The molecule has 4 rings (SSSR count). The summed E-state index contributed by atoms with van der Waals surface area (Å²) < 4.78 is 15.8. The first-order valence-electron chi connectivity index (χ1n) is 8.76. The summed E-state index contributed by atoms with van der Waals surface area (Å²) in [4.78, 5) is 14.8. The molecule has 7 heteroatoms. The van der Waals surface area contributed by atoms with Gasteiger partial charge in [0.25, 0.3) is 0 Å². The molecule has 0 N–H and O–H groups in total. The van der Waals surface area contributed by atoms with Gasteiger partial charge in [0.05, 0.1) is 10.8 Å². The predicted octanol–water partition coefficient (Wildman–Crippen LogP) is 3.69. The van der Waals surface area contributed by atoms with Crippen molar-refractivity contribution < 1.29 is 9.18 Å². The molecule has 1 amide bonds. The van der Waals surface area contributed by atoms with Gasteiger partial charge in [-0.3, -0.25) is 4.79 Å². The molecule has 1 aromatic heterocycles. The maximum absolute atomic E-state index is 14.1. The SMILES string of the molecule is CC(Sc1nnc(-c2ccccc2F)n1C)C(=O)N1CCc2ccccc21. The Balaban J connectivity index is 1.53. The van der Waals surface area contributed by atoms with Gasteiger partial charge in [-0.2, -0.15) is 0 Å². The molecule has 1 atom stereocenters. The summed E-state index contributed by atoms with van der Waals surface area (Å²) in [6.07, 6.45) is 0.876. The third-order valence-electron chi connectivity index (χ3n) is 4.73. The molecule has 0 fully saturated rings. The van der Waals surface area contributed by atoms with Crippen LogP contribution in [0, 0.1) is 5.82 Å². The van der Waals surface area contributed by atoms with Crippen LogP contribution in [0.1, 0.15) is 12.5 Å². The van der Waals surface area contributed by atoms with Crippen LogP contribution in [0.25, 0.3) is 11.4 Å². The topological polar surface area (TPSA) is 51.0 Å². The summed E-state index contributed by atoms with van der Waals surface area (Å²) in [6.45, 7) is 2.56. The van der Waals surface area contributed by atoms with Crippen molar-refractivity contribution in [1.29, 1.82) is 0 Å². The van der Waals surface area contributed by atoms with Crippen LogP contribution in [-0.2, 0) is 18.3 Å². The fourth-order valence-corrected chi connectivity index (χ4v) is 4.17. The van der Waals surface area contributed by atoms with Crippen molar-refractivity contribution in [3.8, 4) is 11.4 Å². The van der Waals surface area contributed by atoms with Gasteiger partial charge >= 0.3 is 0 Å². The number of aromatic nitrogens is 3. The summed E-state index contributed by atoms with van der Waals surface area (Å²) >= 11 is 1.34. The summed E-state index contributed by atoms with van der Waals surface area (Å²) in [6, 6.07) is 14.5. The predicted molar refractivity (Wildman–Crippen MR) is 104 cm³/mol. The van der Waals surface area contributed by atoms with Crippen molar-refractivity contribution in [2.45, 2.75) is 23.8 Å². The second-order valence-corrected chi connectivity index (χ2v) is 7.78. The van der Waals surface area contributed by atoms with Gasteiger partial charge in [-0.05, 0) is 37.1 Å². The zero-order valence-corrected chi connectivity index (χ0v) is 15.9. The highest BCUT2D eigenvalue weighted by Gasteiger charge is 2.29. The number of carbonyl (C=O) groups is 1. The Morgan fingerprint density at radius 1 is 1.15 bits per heavy atom. The van der Waals surface area contributed by atoms with Gasteiger partial charge in [-0.1, -0.05) is 42.1 Å². The van der Waals surface area contributed by atoms with Crippen LogP contribution in [0.4, 0.5) is 10.1 Å². The minimum atomic E-state index is -0.345. The summed E-state index contributed by atoms with van der Waals surface area (Å²) in [5.41, 5.74) is 2.58. The van der Waals surface area contributed by atoms with E-state index in [0.717, 1.165) is 12.1 Å². The van der Waals surface area contributed by atoms with Crippen LogP contribution in [-0.4, -0.2) is 32.5 Å². The Labute approximate surface area is 161 Å². The summed E-state index contributed by atoms with van der Waals surface area (Å²) in [7, 11) is 1.78. The monoisotopic (exact) mass is 382 g/mol. The minimum absolute atomic E-state index is 0.0420. The highest BCUT2D eigenvalue weighted by atomic mass is 32.2. The lowest BCUT2D eigenvalue weighted by atomic mass is 10.2. The van der Waals surface area contributed by atoms with E-state index < -0.39 is 0 Å². The number of rotatable bonds is 4. The normalized spacial score (nSPS) is 14.3. The average molecular weight is 382 g/mol. The summed E-state index contributed by atoms with van der Waals surface area (Å²) in [5, 5.41) is 8.54. The zero-order chi connectivity index (χ0) is 19.0. The summed E-state index contributed by atoms with van der Waals surface area (Å²) in [5.74, 6) is 0.143. The maximum atomic E-state index is 14.1. The Bertz CT molecular complexity index is 1000. The van der Waals surface area contributed by atoms with E-state index in [2.05, 4.69) is 16.3 Å². The van der Waals surface area contributed by atoms with Crippen molar-refractivity contribution in [2.75, 3.05) is 11.4 Å². The molecule has 1 aliphatic rings. The van der Waals surface area contributed by atoms with E-state index in [-0.39, 0.29) is 17.0 Å². The number of amides is 1. The van der Waals surface area contributed by atoms with E-state index in [4.69, 9.17) is 0 Å². The van der Waals surface area contributed by atoms with Gasteiger partial charge in [0.15, 0.2) is 11.0 Å². The first-order chi connectivity index (χ1) is 13.1. The Hall–Kier alpha value is -2.67. The van der Waals surface area contributed by atoms with Crippen LogP contribution < -0.4 is 4.90 Å². The molecule has 5 nitrogen and oxygen atoms in total. The number of hydrogen-bond donors (Lipinski definition) is 0. The van der Waals surface area contributed by atoms with Gasteiger partial charge in [0, 0.05) is 19.3 Å². The van der Waals surface area contributed by atoms with Crippen LogP contribution in [0.15, 0.2) is 53.7 Å². The maximum Gasteiger partial charge on any atom is 0.240 e. The lowest BCUT2D eigenvalue weighted by Crippen LogP contribution is -2.35. The minimum Gasteiger partial charge on any atom is -0.311 e. The third kappa shape index (κ3) is 3.23. The van der Waals surface area contributed by atoms with E-state index in [0.29, 0.717) is 23.1 Å². The van der Waals surface area contributed by atoms with E-state index in [9.17, 15) is 9.18 Å². The second kappa shape index (κ2) is 7.15. The second-order valence-electron chi connectivity index (χ2n) is 6.47. The van der Waals surface area contributed by atoms with Crippen molar-refractivity contribution >= 4 is 23.4 Å². The van der Waals surface area contributed by atoms with Crippen molar-refractivity contribution in [1.82, 2.24) is 14.8 Å². The van der Waals surface area contributed by atoms with Crippen molar-refractivity contribution in [3.05, 3.63) is 59.9 Å². The highest BCUT2D eigenvalue weighted by molar-refractivity contribution is 8.00. The molecule has 138 valence electrons. The molecule has 0 bridgehead atoms.